The van der Waals surface area contributed by atoms with Crippen LogP contribution in [0.15, 0.2) is 10.3 Å². The smallest absolute Gasteiger partial charge is 0.0947 e. The lowest BCUT2D eigenvalue weighted by atomic mass is 9.88. The molecule has 1 saturated carbocycles. The van der Waals surface area contributed by atoms with Crippen LogP contribution in [-0.4, -0.2) is 12.1 Å². The number of hydrogen-bond donors (Lipinski definition) is 1. The first-order chi connectivity index (χ1) is 3.47. The van der Waals surface area contributed by atoms with Gasteiger partial charge in [-0.1, -0.05) is 5.22 Å². The predicted octanol–water partition coefficient (Wildman–Crippen LogP) is 0.488. The Kier molecular flexibility index (Phi) is 0.471. The monoisotopic (exact) mass is 97.1 g/mol. The molecule has 2 atom stereocenters. The molecule has 1 aliphatic carbocycles. The Hall–Kier alpha value is -0.600. The molecule has 2 aliphatic rings. The summed E-state index contributed by atoms with van der Waals surface area (Å²) in [6, 6.07) is 1.15. The van der Waals surface area contributed by atoms with Gasteiger partial charge in [0.2, 0.25) is 0 Å². The van der Waals surface area contributed by atoms with Crippen molar-refractivity contribution in [2.75, 3.05) is 0 Å². The molecule has 38 valence electrons. The summed E-state index contributed by atoms with van der Waals surface area (Å²) in [7, 11) is 0. The van der Waals surface area contributed by atoms with E-state index in [1.807, 2.05) is 0 Å². The second kappa shape index (κ2) is 0.967. The van der Waals surface area contributed by atoms with Crippen LogP contribution in [0, 0.1) is 0 Å². The molecule has 1 fully saturated rings. The Morgan fingerprint density at radius 2 is 2.43 bits per heavy atom. The van der Waals surface area contributed by atoms with E-state index in [9.17, 15) is 0 Å². The highest BCUT2D eigenvalue weighted by Crippen LogP contribution is 2.26. The van der Waals surface area contributed by atoms with E-state index in [4.69, 9.17) is 0 Å². The summed E-state index contributed by atoms with van der Waals surface area (Å²) in [6.45, 7) is 0. The summed E-state index contributed by atoms with van der Waals surface area (Å²) in [6.07, 6.45) is 2.50. The van der Waals surface area contributed by atoms with Crippen LogP contribution in [0.3, 0.4) is 0 Å². The Morgan fingerprint density at radius 1 is 1.43 bits per heavy atom. The fraction of sp³-hybridized carbons (Fsp3) is 1.00. The molecule has 1 aliphatic heterocycles. The zero-order valence-electron chi connectivity index (χ0n) is 3.96. The third-order valence-corrected chi connectivity index (χ3v) is 1.67. The highest BCUT2D eigenvalue weighted by atomic mass is 15.5. The van der Waals surface area contributed by atoms with Gasteiger partial charge in [0.1, 0.15) is 0 Å². The second-order valence-corrected chi connectivity index (χ2v) is 2.10. The topological polar surface area (TPSA) is 36.8 Å². The van der Waals surface area contributed by atoms with Gasteiger partial charge >= 0.3 is 0 Å². The first-order valence-electron chi connectivity index (χ1n) is 2.62. The predicted molar refractivity (Wildman–Crippen MR) is 24.8 cm³/mol. The molecular weight excluding hydrogens is 90.1 g/mol. The molecule has 0 aromatic rings. The summed E-state index contributed by atoms with van der Waals surface area (Å²) in [5.74, 6) is 0. The van der Waals surface area contributed by atoms with Crippen LogP contribution in [-0.2, 0) is 0 Å². The molecule has 1 unspecified atom stereocenters. The van der Waals surface area contributed by atoms with Gasteiger partial charge in [-0.05, 0) is 12.8 Å². The van der Waals surface area contributed by atoms with Gasteiger partial charge in [-0.2, -0.15) is 5.11 Å². The maximum atomic E-state index is 3.92. The van der Waals surface area contributed by atoms with E-state index in [-0.39, 0.29) is 0 Å². The molecule has 0 amide bonds. The summed E-state index contributed by atoms with van der Waals surface area (Å²) in [5, 5.41) is 7.60. The molecule has 3 nitrogen and oxygen atoms in total. The van der Waals surface area contributed by atoms with E-state index in [0.29, 0.717) is 12.1 Å². The largest absolute Gasteiger partial charge is 0.286 e. The van der Waals surface area contributed by atoms with Crippen LogP contribution in [0.5, 0.6) is 0 Å². The first kappa shape index (κ1) is 3.41. The Morgan fingerprint density at radius 3 is 2.71 bits per heavy atom. The Labute approximate surface area is 41.8 Å². The Bertz CT molecular complexity index is 110. The van der Waals surface area contributed by atoms with Crippen LogP contribution in [0.4, 0.5) is 0 Å². The number of nitrogens with zero attached hydrogens (tertiary/aromatic N) is 2. The van der Waals surface area contributed by atoms with E-state index < -0.39 is 0 Å². The molecule has 1 heterocycles. The van der Waals surface area contributed by atoms with Crippen LogP contribution >= 0.6 is 0 Å². The summed E-state index contributed by atoms with van der Waals surface area (Å²) in [5.41, 5.74) is 2.91. The van der Waals surface area contributed by atoms with Crippen LogP contribution in [0.25, 0.3) is 0 Å². The van der Waals surface area contributed by atoms with Gasteiger partial charge in [-0.25, -0.2) is 0 Å². The maximum Gasteiger partial charge on any atom is 0.0947 e. The minimum atomic E-state index is 0.542. The van der Waals surface area contributed by atoms with Gasteiger partial charge in [0.15, 0.2) is 0 Å². The van der Waals surface area contributed by atoms with E-state index in [0.717, 1.165) is 0 Å². The lowest BCUT2D eigenvalue weighted by Crippen LogP contribution is -2.39. The van der Waals surface area contributed by atoms with E-state index in [1.54, 1.807) is 0 Å². The molecule has 1 N–H and O–H groups in total. The van der Waals surface area contributed by atoms with Crippen molar-refractivity contribution in [1.82, 2.24) is 5.43 Å². The third-order valence-electron chi connectivity index (χ3n) is 1.67. The lowest BCUT2D eigenvalue weighted by molar-refractivity contribution is 0.340. The van der Waals surface area contributed by atoms with Crippen LogP contribution in [0.1, 0.15) is 12.8 Å². The van der Waals surface area contributed by atoms with Gasteiger partial charge in [-0.15, -0.1) is 0 Å². The zero-order valence-corrected chi connectivity index (χ0v) is 3.96. The first-order valence-corrected chi connectivity index (χ1v) is 2.62. The average Bonchev–Trinajstić information content (AvgIpc) is 1.85. The average molecular weight is 97.1 g/mol. The van der Waals surface area contributed by atoms with E-state index >= 15 is 0 Å². The molecule has 0 bridgehead atoms. The molecular formula is C4H7N3. The molecule has 0 aromatic heterocycles. The summed E-state index contributed by atoms with van der Waals surface area (Å²) < 4.78 is 0. The van der Waals surface area contributed by atoms with Crippen molar-refractivity contribution in [3.63, 3.8) is 0 Å². The quantitative estimate of drug-likeness (QED) is 0.469. The van der Waals surface area contributed by atoms with Gasteiger partial charge in [0, 0.05) is 0 Å². The van der Waals surface area contributed by atoms with Crippen molar-refractivity contribution >= 4 is 0 Å². The minimum Gasteiger partial charge on any atom is -0.286 e. The number of rotatable bonds is 0. The molecule has 0 spiro atoms. The van der Waals surface area contributed by atoms with Gasteiger partial charge < -0.3 is 0 Å². The van der Waals surface area contributed by atoms with Crippen molar-refractivity contribution in [2.24, 2.45) is 10.3 Å². The third kappa shape index (κ3) is 0.301. The molecule has 3 heteroatoms. The fourth-order valence-corrected chi connectivity index (χ4v) is 0.953. The van der Waals surface area contributed by atoms with E-state index in [2.05, 4.69) is 15.8 Å². The number of hydrogen-bond acceptors (Lipinski definition) is 3. The fourth-order valence-electron chi connectivity index (χ4n) is 0.953. The summed E-state index contributed by atoms with van der Waals surface area (Å²) >= 11 is 0. The van der Waals surface area contributed by atoms with Crippen LogP contribution in [0.2, 0.25) is 0 Å². The van der Waals surface area contributed by atoms with Crippen LogP contribution < -0.4 is 5.43 Å². The van der Waals surface area contributed by atoms with Crippen molar-refractivity contribution in [1.29, 1.82) is 0 Å². The molecule has 0 aromatic carbocycles. The highest BCUT2D eigenvalue weighted by molar-refractivity contribution is 4.93. The number of nitrogens with one attached hydrogen (secondary N) is 1. The van der Waals surface area contributed by atoms with Gasteiger partial charge in [0.25, 0.3) is 0 Å². The number of fused-ring (bicyclic) bond motifs is 1. The second-order valence-electron chi connectivity index (χ2n) is 2.10. The molecule has 0 saturated heterocycles. The molecule has 2 rings (SSSR count). The minimum absolute atomic E-state index is 0.542. The SMILES string of the molecule is C1C[C@H]2NN=NC12. The lowest BCUT2D eigenvalue weighted by Gasteiger charge is -2.24. The highest BCUT2D eigenvalue weighted by Gasteiger charge is 2.33. The standard InChI is InChI=1S/C4H7N3/c1-2-4-3(1)5-7-6-4/h3-4H,1-2H2,(H,5,6)/t3-,4?/m1/s1. The Balaban J connectivity index is 2.14. The maximum absolute atomic E-state index is 3.92. The van der Waals surface area contributed by atoms with Gasteiger partial charge in [-0.3, -0.25) is 5.43 Å². The van der Waals surface area contributed by atoms with Crippen molar-refractivity contribution in [3.05, 3.63) is 0 Å². The zero-order chi connectivity index (χ0) is 4.69. The normalized spacial score (nSPS) is 44.6. The van der Waals surface area contributed by atoms with Crippen molar-refractivity contribution in [2.45, 2.75) is 24.9 Å². The van der Waals surface area contributed by atoms with Crippen molar-refractivity contribution < 1.29 is 0 Å². The van der Waals surface area contributed by atoms with Crippen molar-refractivity contribution in [3.8, 4) is 0 Å². The van der Waals surface area contributed by atoms with Gasteiger partial charge in [0.05, 0.1) is 12.1 Å². The molecule has 7 heavy (non-hydrogen) atoms. The summed E-state index contributed by atoms with van der Waals surface area (Å²) in [4.78, 5) is 0. The molecule has 0 radical (unpaired) electrons. The van der Waals surface area contributed by atoms with E-state index in [1.165, 1.54) is 12.8 Å².